The fourth-order valence-electron chi connectivity index (χ4n) is 2.15. The van der Waals surface area contributed by atoms with Gasteiger partial charge in [-0.1, -0.05) is 25.5 Å². The highest BCUT2D eigenvalue weighted by Gasteiger charge is 2.24. The molecule has 1 nitrogen and oxygen atoms in total. The number of aldehydes is 1. The summed E-state index contributed by atoms with van der Waals surface area (Å²) in [6.07, 6.45) is 5.31. The molecule has 0 N–H and O–H groups in total. The zero-order valence-electron chi connectivity index (χ0n) is 8.21. The largest absolute Gasteiger partial charge is 0.303 e. The summed E-state index contributed by atoms with van der Waals surface area (Å²) in [5, 5.41) is 0. The Kier molecular flexibility index (Phi) is 3.07. The summed E-state index contributed by atoms with van der Waals surface area (Å²) in [4.78, 5) is 10.4. The van der Waals surface area contributed by atoms with Gasteiger partial charge in [-0.05, 0) is 31.1 Å². The zero-order valence-corrected chi connectivity index (χ0v) is 8.21. The molecule has 12 heavy (non-hydrogen) atoms. The summed E-state index contributed by atoms with van der Waals surface area (Å²) in [5.41, 5.74) is 1.46. The molecule has 0 spiro atoms. The van der Waals surface area contributed by atoms with Gasteiger partial charge in [0, 0.05) is 6.42 Å². The van der Waals surface area contributed by atoms with Crippen LogP contribution in [0.25, 0.3) is 0 Å². The maximum absolute atomic E-state index is 10.4. The van der Waals surface area contributed by atoms with E-state index in [0.29, 0.717) is 17.8 Å². The predicted octanol–water partition coefficient (Wildman–Crippen LogP) is 2.81. The van der Waals surface area contributed by atoms with E-state index in [-0.39, 0.29) is 0 Å². The Morgan fingerprint density at radius 3 is 2.83 bits per heavy atom. The first-order valence-electron chi connectivity index (χ1n) is 4.77. The second-order valence-corrected chi connectivity index (χ2v) is 4.07. The van der Waals surface area contributed by atoms with E-state index < -0.39 is 0 Å². The maximum Gasteiger partial charge on any atom is 0.120 e. The minimum Gasteiger partial charge on any atom is -0.303 e. The summed E-state index contributed by atoms with van der Waals surface area (Å²) in [6, 6.07) is 0. The van der Waals surface area contributed by atoms with Crippen LogP contribution in [0.3, 0.4) is 0 Å². The monoisotopic (exact) mass is 166 g/mol. The Bertz CT molecular complexity index is 193. The minimum absolute atomic E-state index is 0.586. The third-order valence-electron chi connectivity index (χ3n) is 3.05. The van der Waals surface area contributed by atoms with Crippen LogP contribution < -0.4 is 0 Å². The maximum atomic E-state index is 10.4. The SMILES string of the molecule is CC1=CC(C)CC(CC=O)C1C. The van der Waals surface area contributed by atoms with Crippen molar-refractivity contribution in [2.45, 2.75) is 33.6 Å². The van der Waals surface area contributed by atoms with E-state index in [1.807, 2.05) is 0 Å². The molecule has 0 bridgehead atoms. The van der Waals surface area contributed by atoms with Crippen molar-refractivity contribution in [2.75, 3.05) is 0 Å². The third kappa shape index (κ3) is 1.96. The van der Waals surface area contributed by atoms with Crippen LogP contribution in [0.15, 0.2) is 11.6 Å². The fourth-order valence-corrected chi connectivity index (χ4v) is 2.15. The van der Waals surface area contributed by atoms with Crippen molar-refractivity contribution in [3.63, 3.8) is 0 Å². The summed E-state index contributed by atoms with van der Waals surface area (Å²) in [5.74, 6) is 1.85. The van der Waals surface area contributed by atoms with Gasteiger partial charge in [0.1, 0.15) is 6.29 Å². The molecule has 0 aliphatic heterocycles. The van der Waals surface area contributed by atoms with Gasteiger partial charge in [0.15, 0.2) is 0 Å². The summed E-state index contributed by atoms with van der Waals surface area (Å²) in [6.45, 7) is 6.64. The Hall–Kier alpha value is -0.590. The van der Waals surface area contributed by atoms with Gasteiger partial charge in [0.25, 0.3) is 0 Å². The second kappa shape index (κ2) is 3.88. The highest BCUT2D eigenvalue weighted by Crippen LogP contribution is 2.34. The molecule has 0 aromatic rings. The van der Waals surface area contributed by atoms with Crippen LogP contribution in [-0.2, 0) is 4.79 Å². The summed E-state index contributed by atoms with van der Waals surface area (Å²) < 4.78 is 0. The van der Waals surface area contributed by atoms with Gasteiger partial charge in [-0.15, -0.1) is 0 Å². The Labute approximate surface area is 74.9 Å². The molecule has 0 saturated carbocycles. The van der Waals surface area contributed by atoms with Crippen LogP contribution in [0.2, 0.25) is 0 Å². The van der Waals surface area contributed by atoms with Crippen molar-refractivity contribution in [1.29, 1.82) is 0 Å². The molecule has 0 radical (unpaired) electrons. The molecule has 3 atom stereocenters. The van der Waals surface area contributed by atoms with Crippen LogP contribution in [0.1, 0.15) is 33.6 Å². The first kappa shape index (κ1) is 9.50. The molecule has 0 fully saturated rings. The molecular weight excluding hydrogens is 148 g/mol. The third-order valence-corrected chi connectivity index (χ3v) is 3.05. The minimum atomic E-state index is 0.586. The average molecular weight is 166 g/mol. The number of carbonyl (C=O) groups excluding carboxylic acids is 1. The highest BCUT2D eigenvalue weighted by molar-refractivity contribution is 5.50. The van der Waals surface area contributed by atoms with E-state index in [4.69, 9.17) is 0 Å². The van der Waals surface area contributed by atoms with Gasteiger partial charge >= 0.3 is 0 Å². The van der Waals surface area contributed by atoms with E-state index >= 15 is 0 Å². The molecule has 1 rings (SSSR count). The quantitative estimate of drug-likeness (QED) is 0.455. The van der Waals surface area contributed by atoms with Crippen molar-refractivity contribution in [2.24, 2.45) is 17.8 Å². The zero-order chi connectivity index (χ0) is 9.14. The van der Waals surface area contributed by atoms with E-state index in [2.05, 4.69) is 26.8 Å². The van der Waals surface area contributed by atoms with E-state index in [1.54, 1.807) is 0 Å². The van der Waals surface area contributed by atoms with Crippen molar-refractivity contribution in [3.05, 3.63) is 11.6 Å². The Balaban J connectivity index is 2.67. The van der Waals surface area contributed by atoms with Gasteiger partial charge < -0.3 is 4.79 Å². The topological polar surface area (TPSA) is 17.1 Å². The number of hydrogen-bond donors (Lipinski definition) is 0. The molecule has 3 unspecified atom stereocenters. The van der Waals surface area contributed by atoms with Crippen molar-refractivity contribution < 1.29 is 4.79 Å². The molecule has 1 aliphatic rings. The number of hydrogen-bond acceptors (Lipinski definition) is 1. The van der Waals surface area contributed by atoms with Crippen molar-refractivity contribution >= 4 is 6.29 Å². The van der Waals surface area contributed by atoms with Gasteiger partial charge in [0.2, 0.25) is 0 Å². The first-order valence-corrected chi connectivity index (χ1v) is 4.77. The molecule has 68 valence electrons. The summed E-state index contributed by atoms with van der Waals surface area (Å²) >= 11 is 0. The van der Waals surface area contributed by atoms with Crippen molar-refractivity contribution in [3.8, 4) is 0 Å². The second-order valence-electron chi connectivity index (χ2n) is 4.07. The fraction of sp³-hybridized carbons (Fsp3) is 0.727. The molecule has 0 heterocycles. The lowest BCUT2D eigenvalue weighted by molar-refractivity contribution is -0.109. The molecule has 0 saturated heterocycles. The molecule has 1 heteroatoms. The van der Waals surface area contributed by atoms with Crippen LogP contribution >= 0.6 is 0 Å². The van der Waals surface area contributed by atoms with Gasteiger partial charge in [-0.25, -0.2) is 0 Å². The Morgan fingerprint density at radius 2 is 2.25 bits per heavy atom. The molecule has 1 aliphatic carbocycles. The van der Waals surface area contributed by atoms with E-state index in [0.717, 1.165) is 12.7 Å². The number of rotatable bonds is 2. The first-order chi connectivity index (χ1) is 5.65. The number of allylic oxidation sites excluding steroid dienone is 2. The van der Waals surface area contributed by atoms with Crippen molar-refractivity contribution in [1.82, 2.24) is 0 Å². The Morgan fingerprint density at radius 1 is 1.58 bits per heavy atom. The predicted molar refractivity (Wildman–Crippen MR) is 50.9 cm³/mol. The van der Waals surface area contributed by atoms with E-state index in [9.17, 15) is 4.79 Å². The van der Waals surface area contributed by atoms with E-state index in [1.165, 1.54) is 12.0 Å². The molecule has 0 amide bonds. The van der Waals surface area contributed by atoms with Gasteiger partial charge in [0.05, 0.1) is 0 Å². The molecular formula is C11H18O. The molecule has 0 aromatic carbocycles. The van der Waals surface area contributed by atoms with Gasteiger partial charge in [-0.2, -0.15) is 0 Å². The van der Waals surface area contributed by atoms with Crippen LogP contribution in [0.4, 0.5) is 0 Å². The molecule has 0 aromatic heterocycles. The lowest BCUT2D eigenvalue weighted by Crippen LogP contribution is -2.21. The normalized spacial score (nSPS) is 35.9. The summed E-state index contributed by atoms with van der Waals surface area (Å²) in [7, 11) is 0. The van der Waals surface area contributed by atoms with Crippen LogP contribution in [0.5, 0.6) is 0 Å². The highest BCUT2D eigenvalue weighted by atomic mass is 16.1. The standard InChI is InChI=1S/C11H18O/c1-8-6-9(2)10(3)11(7-8)4-5-12/h5-6,8,10-11H,4,7H2,1-3H3. The van der Waals surface area contributed by atoms with Gasteiger partial charge in [-0.3, -0.25) is 0 Å². The average Bonchev–Trinajstić information content (AvgIpc) is 2.00. The number of carbonyl (C=O) groups is 1. The smallest absolute Gasteiger partial charge is 0.120 e. The van der Waals surface area contributed by atoms with Crippen LogP contribution in [0, 0.1) is 17.8 Å². The lowest BCUT2D eigenvalue weighted by atomic mass is 9.75. The lowest BCUT2D eigenvalue weighted by Gasteiger charge is -2.30. The van der Waals surface area contributed by atoms with Crippen LogP contribution in [-0.4, -0.2) is 6.29 Å².